The standard InChI is InChI=1S/C22H30N4OS/c1-14-9-10-18-19(11-14)28-22(23-12-16-13-24-26(3)15(16)2)20(18)21(27)25-17-7-5-4-6-8-17/h12-14,17H,4-11H2,1-3H3,(H,25,27). The highest BCUT2D eigenvalue weighted by Crippen LogP contribution is 2.41. The van der Waals surface area contributed by atoms with Gasteiger partial charge >= 0.3 is 0 Å². The number of hydrogen-bond donors (Lipinski definition) is 1. The molecule has 150 valence electrons. The second-order valence-electron chi connectivity index (χ2n) is 8.41. The van der Waals surface area contributed by atoms with E-state index in [0.29, 0.717) is 12.0 Å². The van der Waals surface area contributed by atoms with Crippen LogP contribution < -0.4 is 5.32 Å². The number of carbonyl (C=O) groups is 1. The Labute approximate surface area is 171 Å². The van der Waals surface area contributed by atoms with Crippen LogP contribution in [0.4, 0.5) is 5.00 Å². The molecule has 28 heavy (non-hydrogen) atoms. The Morgan fingerprint density at radius 3 is 2.82 bits per heavy atom. The Morgan fingerprint density at radius 2 is 2.11 bits per heavy atom. The molecule has 1 fully saturated rings. The van der Waals surface area contributed by atoms with Crippen LogP contribution in [-0.2, 0) is 19.9 Å². The van der Waals surface area contributed by atoms with Gasteiger partial charge in [-0.1, -0.05) is 26.2 Å². The highest BCUT2D eigenvalue weighted by Gasteiger charge is 2.28. The minimum atomic E-state index is 0.0778. The van der Waals surface area contributed by atoms with Gasteiger partial charge < -0.3 is 5.32 Å². The normalized spacial score (nSPS) is 20.5. The number of aliphatic imine (C=N–C) groups is 1. The van der Waals surface area contributed by atoms with Gasteiger partial charge in [-0.25, -0.2) is 4.99 Å². The number of carbonyl (C=O) groups excluding carboxylic acids is 1. The number of nitrogens with zero attached hydrogens (tertiary/aromatic N) is 3. The van der Waals surface area contributed by atoms with E-state index in [9.17, 15) is 4.79 Å². The molecule has 2 aromatic heterocycles. The lowest BCUT2D eigenvalue weighted by Gasteiger charge is -2.23. The molecule has 0 bridgehead atoms. The van der Waals surface area contributed by atoms with Gasteiger partial charge in [-0.2, -0.15) is 5.10 Å². The fourth-order valence-electron chi connectivity index (χ4n) is 4.34. The van der Waals surface area contributed by atoms with Crippen LogP contribution in [0.5, 0.6) is 0 Å². The van der Waals surface area contributed by atoms with Gasteiger partial charge in [-0.15, -0.1) is 11.3 Å². The molecule has 1 atom stereocenters. The molecule has 0 aromatic carbocycles. The molecule has 0 spiro atoms. The zero-order valence-electron chi connectivity index (χ0n) is 17.1. The van der Waals surface area contributed by atoms with Gasteiger partial charge in [0.25, 0.3) is 5.91 Å². The molecule has 0 saturated heterocycles. The Kier molecular flexibility index (Phi) is 5.67. The first kappa shape index (κ1) is 19.4. The molecule has 0 radical (unpaired) electrons. The lowest BCUT2D eigenvalue weighted by atomic mass is 9.88. The molecule has 1 unspecified atom stereocenters. The third-order valence-electron chi connectivity index (χ3n) is 6.25. The molecule has 2 aliphatic carbocycles. The van der Waals surface area contributed by atoms with Gasteiger partial charge in [0.1, 0.15) is 5.00 Å². The zero-order valence-corrected chi connectivity index (χ0v) is 17.9. The van der Waals surface area contributed by atoms with Crippen LogP contribution in [0.15, 0.2) is 11.2 Å². The molecule has 1 amide bonds. The molecule has 5 nitrogen and oxygen atoms in total. The maximum atomic E-state index is 13.2. The quantitative estimate of drug-likeness (QED) is 0.757. The number of aromatic nitrogens is 2. The maximum Gasteiger partial charge on any atom is 0.254 e. The van der Waals surface area contributed by atoms with Gasteiger partial charge in [0.15, 0.2) is 0 Å². The highest BCUT2D eigenvalue weighted by atomic mass is 32.1. The van der Waals surface area contributed by atoms with Gasteiger partial charge in [0.2, 0.25) is 0 Å². The zero-order chi connectivity index (χ0) is 19.7. The second kappa shape index (κ2) is 8.19. The van der Waals surface area contributed by atoms with Gasteiger partial charge in [-0.05, 0) is 50.5 Å². The lowest BCUT2D eigenvalue weighted by Crippen LogP contribution is -2.36. The van der Waals surface area contributed by atoms with E-state index < -0.39 is 0 Å². The SMILES string of the molecule is Cc1c(C=Nc2sc3c(c2C(=O)NC2CCCCC2)CCC(C)C3)cnn1C. The van der Waals surface area contributed by atoms with E-state index in [1.54, 1.807) is 11.3 Å². The molecule has 1 saturated carbocycles. The predicted molar refractivity (Wildman–Crippen MR) is 115 cm³/mol. The van der Waals surface area contributed by atoms with Crippen LogP contribution in [0.1, 0.15) is 77.5 Å². The summed E-state index contributed by atoms with van der Waals surface area (Å²) in [5.41, 5.74) is 4.15. The Balaban J connectivity index is 1.64. The fraction of sp³-hybridized carbons (Fsp3) is 0.591. The number of amides is 1. The summed E-state index contributed by atoms with van der Waals surface area (Å²) in [5.74, 6) is 0.756. The molecular weight excluding hydrogens is 368 g/mol. The summed E-state index contributed by atoms with van der Waals surface area (Å²) in [6.07, 6.45) is 12.8. The first-order valence-corrected chi connectivity index (χ1v) is 11.3. The number of hydrogen-bond acceptors (Lipinski definition) is 4. The summed E-state index contributed by atoms with van der Waals surface area (Å²) in [5, 5.41) is 8.46. The molecule has 2 heterocycles. The summed E-state index contributed by atoms with van der Waals surface area (Å²) in [6.45, 7) is 4.33. The lowest BCUT2D eigenvalue weighted by molar-refractivity contribution is 0.0927. The average Bonchev–Trinajstić information content (AvgIpc) is 3.20. The Hall–Kier alpha value is -1.95. The van der Waals surface area contributed by atoms with Crippen LogP contribution in [0, 0.1) is 12.8 Å². The predicted octanol–water partition coefficient (Wildman–Crippen LogP) is 4.73. The van der Waals surface area contributed by atoms with Crippen molar-refractivity contribution in [1.82, 2.24) is 15.1 Å². The highest BCUT2D eigenvalue weighted by molar-refractivity contribution is 7.16. The van der Waals surface area contributed by atoms with Crippen LogP contribution in [-0.4, -0.2) is 27.9 Å². The Morgan fingerprint density at radius 1 is 1.32 bits per heavy atom. The number of thiophene rings is 1. The van der Waals surface area contributed by atoms with Crippen molar-refractivity contribution in [2.75, 3.05) is 0 Å². The summed E-state index contributed by atoms with van der Waals surface area (Å²) in [4.78, 5) is 19.4. The van der Waals surface area contributed by atoms with Crippen molar-refractivity contribution in [3.63, 3.8) is 0 Å². The third kappa shape index (κ3) is 3.93. The van der Waals surface area contributed by atoms with E-state index in [-0.39, 0.29) is 5.91 Å². The molecule has 4 rings (SSSR count). The average molecular weight is 399 g/mol. The van der Waals surface area contributed by atoms with E-state index in [4.69, 9.17) is 4.99 Å². The monoisotopic (exact) mass is 398 g/mol. The number of nitrogens with one attached hydrogen (secondary N) is 1. The first-order chi connectivity index (χ1) is 13.5. The van der Waals surface area contributed by atoms with E-state index in [1.165, 1.54) is 29.7 Å². The molecule has 1 N–H and O–H groups in total. The number of aryl methyl sites for hydroxylation is 1. The maximum absolute atomic E-state index is 13.2. The minimum Gasteiger partial charge on any atom is -0.349 e. The first-order valence-electron chi connectivity index (χ1n) is 10.5. The second-order valence-corrected chi connectivity index (χ2v) is 9.49. The Bertz CT molecular complexity index is 889. The van der Waals surface area contributed by atoms with Crippen molar-refractivity contribution in [2.45, 2.75) is 71.3 Å². The topological polar surface area (TPSA) is 59.3 Å². The van der Waals surface area contributed by atoms with Crippen LogP contribution in [0.3, 0.4) is 0 Å². The van der Waals surface area contributed by atoms with E-state index in [2.05, 4.69) is 17.3 Å². The molecule has 0 aliphatic heterocycles. The number of rotatable bonds is 4. The summed E-state index contributed by atoms with van der Waals surface area (Å²) in [6, 6.07) is 0.316. The minimum absolute atomic E-state index is 0.0778. The van der Waals surface area contributed by atoms with Crippen molar-refractivity contribution in [3.05, 3.63) is 33.5 Å². The summed E-state index contributed by atoms with van der Waals surface area (Å²) >= 11 is 1.70. The third-order valence-corrected chi connectivity index (χ3v) is 7.42. The van der Waals surface area contributed by atoms with Crippen LogP contribution in [0.2, 0.25) is 0 Å². The number of fused-ring (bicyclic) bond motifs is 1. The fourth-order valence-corrected chi connectivity index (χ4v) is 5.69. The van der Waals surface area contributed by atoms with Crippen molar-refractivity contribution >= 4 is 28.5 Å². The van der Waals surface area contributed by atoms with Crippen LogP contribution >= 0.6 is 11.3 Å². The molecular formula is C22H30N4OS. The summed E-state index contributed by atoms with van der Waals surface area (Å²) in [7, 11) is 1.93. The van der Waals surface area contributed by atoms with E-state index in [1.807, 2.05) is 31.1 Å². The summed E-state index contributed by atoms with van der Waals surface area (Å²) < 4.78 is 1.85. The largest absolute Gasteiger partial charge is 0.349 e. The molecule has 6 heteroatoms. The molecule has 2 aromatic rings. The van der Waals surface area contributed by atoms with Crippen molar-refractivity contribution in [1.29, 1.82) is 0 Å². The van der Waals surface area contributed by atoms with Gasteiger partial charge in [-0.3, -0.25) is 9.48 Å². The van der Waals surface area contributed by atoms with E-state index in [0.717, 1.165) is 53.9 Å². The van der Waals surface area contributed by atoms with Crippen molar-refractivity contribution in [2.24, 2.45) is 18.0 Å². The van der Waals surface area contributed by atoms with Crippen molar-refractivity contribution < 1.29 is 4.79 Å². The van der Waals surface area contributed by atoms with Crippen molar-refractivity contribution in [3.8, 4) is 0 Å². The van der Waals surface area contributed by atoms with Gasteiger partial charge in [0.05, 0.1) is 11.8 Å². The van der Waals surface area contributed by atoms with Crippen LogP contribution in [0.25, 0.3) is 0 Å². The van der Waals surface area contributed by atoms with Gasteiger partial charge in [0, 0.05) is 35.4 Å². The van der Waals surface area contributed by atoms with E-state index >= 15 is 0 Å². The smallest absolute Gasteiger partial charge is 0.254 e. The molecule has 2 aliphatic rings.